The van der Waals surface area contributed by atoms with Gasteiger partial charge in [0.1, 0.15) is 12.2 Å². The highest BCUT2D eigenvalue weighted by Crippen LogP contribution is 2.37. The van der Waals surface area contributed by atoms with Gasteiger partial charge >= 0.3 is 17.9 Å². The minimum Gasteiger partial charge on any atom is -0.478 e. The number of aliphatic hydroxyl groups is 1. The molecule has 1 aromatic carbocycles. The summed E-state index contributed by atoms with van der Waals surface area (Å²) in [4.78, 5) is 33.9. The lowest BCUT2D eigenvalue weighted by atomic mass is 9.85. The maximum absolute atomic E-state index is 11.8. The second-order valence-electron chi connectivity index (χ2n) is 8.51. The Morgan fingerprint density at radius 3 is 1.95 bits per heavy atom. The number of aliphatic carboxylic acids is 1. The van der Waals surface area contributed by atoms with Crippen molar-refractivity contribution >= 4 is 17.9 Å². The molecule has 37 heavy (non-hydrogen) atoms. The van der Waals surface area contributed by atoms with E-state index < -0.39 is 29.3 Å². The van der Waals surface area contributed by atoms with E-state index in [1.54, 1.807) is 6.92 Å². The first-order valence-corrected chi connectivity index (χ1v) is 12.4. The molecule has 0 heterocycles. The Bertz CT molecular complexity index is 944. The van der Waals surface area contributed by atoms with E-state index in [0.29, 0.717) is 31.4 Å². The molecule has 8 nitrogen and oxygen atoms in total. The Balaban J connectivity index is 0.000000702. The zero-order valence-corrected chi connectivity index (χ0v) is 23.0. The van der Waals surface area contributed by atoms with E-state index in [0.717, 1.165) is 5.56 Å². The summed E-state index contributed by atoms with van der Waals surface area (Å²) in [6, 6.07) is 9.30. The van der Waals surface area contributed by atoms with Crippen molar-refractivity contribution in [3.63, 3.8) is 0 Å². The Hall–Kier alpha value is -3.23. The van der Waals surface area contributed by atoms with Crippen LogP contribution in [0.4, 0.5) is 0 Å². The molecular weight excluding hydrogens is 476 g/mol. The number of hydrogen-bond donors (Lipinski definition) is 2. The minimum absolute atomic E-state index is 0.172. The predicted molar refractivity (Wildman–Crippen MR) is 142 cm³/mol. The molecule has 1 unspecified atom stereocenters. The van der Waals surface area contributed by atoms with Crippen LogP contribution in [0.2, 0.25) is 0 Å². The lowest BCUT2D eigenvalue weighted by Gasteiger charge is -2.44. The van der Waals surface area contributed by atoms with Crippen LogP contribution in [0.5, 0.6) is 0 Å². The summed E-state index contributed by atoms with van der Waals surface area (Å²) in [5.74, 6) is -3.37. The van der Waals surface area contributed by atoms with Gasteiger partial charge in [-0.25, -0.2) is 14.4 Å². The number of carbonyl (C=O) groups excluding carboxylic acids is 2. The van der Waals surface area contributed by atoms with E-state index in [-0.39, 0.29) is 24.2 Å². The molecule has 1 atom stereocenters. The van der Waals surface area contributed by atoms with Crippen LogP contribution in [-0.4, -0.2) is 46.1 Å². The second-order valence-corrected chi connectivity index (χ2v) is 8.51. The summed E-state index contributed by atoms with van der Waals surface area (Å²) < 4.78 is 16.1. The largest absolute Gasteiger partial charge is 0.478 e. The van der Waals surface area contributed by atoms with Crippen LogP contribution in [0.25, 0.3) is 0 Å². The van der Waals surface area contributed by atoms with Gasteiger partial charge in [0.15, 0.2) is 0 Å². The summed E-state index contributed by atoms with van der Waals surface area (Å²) >= 11 is 0. The lowest BCUT2D eigenvalue weighted by molar-refractivity contribution is -0.307. The van der Waals surface area contributed by atoms with Crippen molar-refractivity contribution < 1.29 is 38.8 Å². The highest BCUT2D eigenvalue weighted by Gasteiger charge is 2.51. The number of benzene rings is 1. The fraction of sp³-hybridized carbons (Fsp3) is 0.483. The van der Waals surface area contributed by atoms with E-state index >= 15 is 0 Å². The predicted octanol–water partition coefficient (Wildman–Crippen LogP) is 5.51. The summed E-state index contributed by atoms with van der Waals surface area (Å²) in [5, 5.41) is 19.3. The van der Waals surface area contributed by atoms with Gasteiger partial charge in [0, 0.05) is 29.7 Å². The summed E-state index contributed by atoms with van der Waals surface area (Å²) in [5.41, 5.74) is 0.402. The second kappa shape index (κ2) is 16.5. The summed E-state index contributed by atoms with van der Waals surface area (Å²) in [7, 11) is 0. The zero-order valence-electron chi connectivity index (χ0n) is 23.0. The average molecular weight is 519 g/mol. The van der Waals surface area contributed by atoms with Gasteiger partial charge in [0.25, 0.3) is 0 Å². The van der Waals surface area contributed by atoms with E-state index in [4.69, 9.17) is 19.3 Å². The number of carboxylic acid groups (broad SMARTS) is 1. The highest BCUT2D eigenvalue weighted by molar-refractivity contribution is 5.89. The Kier molecular flexibility index (Phi) is 15.1. The molecule has 0 saturated carbocycles. The standard InChI is InChI=1S/C15H16O4.C14H26O4/c1-11(14(16)17)8-9-12(2)15(18)19-10-13-6-4-3-5-7-13;1-7-13(16,8-2)14(9-3,17-10-4)18-12(15)11(5)6/h3-8H,2,9-10H2,1H3,(H,16,17);16H,5,7-10H2,1-4,6H3. The SMILES string of the molecule is C=C(C)C(=O)OC(CC)(OCC)C(O)(CC)CC.C=C(CC=C(C)C(=O)O)C(=O)OCc1ccccc1. The molecular formula is C29H42O8. The topological polar surface area (TPSA) is 119 Å². The van der Waals surface area contributed by atoms with Crippen molar-refractivity contribution in [3.05, 3.63) is 71.8 Å². The van der Waals surface area contributed by atoms with Crippen molar-refractivity contribution in [2.45, 2.75) is 85.2 Å². The smallest absolute Gasteiger partial charge is 0.335 e. The number of carbonyl (C=O) groups is 3. The summed E-state index contributed by atoms with van der Waals surface area (Å²) in [6.45, 7) is 18.1. The molecule has 0 bridgehead atoms. The third-order valence-corrected chi connectivity index (χ3v) is 5.82. The number of allylic oxidation sites excluding steroid dienone is 1. The molecule has 0 aromatic heterocycles. The van der Waals surface area contributed by atoms with Crippen LogP contribution >= 0.6 is 0 Å². The van der Waals surface area contributed by atoms with Gasteiger partial charge in [0.05, 0.1) is 0 Å². The number of ether oxygens (including phenoxy) is 3. The first kappa shape index (κ1) is 33.8. The molecule has 0 spiro atoms. The molecule has 0 amide bonds. The van der Waals surface area contributed by atoms with Gasteiger partial charge in [-0.2, -0.15) is 0 Å². The molecule has 206 valence electrons. The van der Waals surface area contributed by atoms with Crippen LogP contribution in [0.15, 0.2) is 66.3 Å². The Morgan fingerprint density at radius 1 is 0.946 bits per heavy atom. The Morgan fingerprint density at radius 2 is 1.51 bits per heavy atom. The van der Waals surface area contributed by atoms with Crippen LogP contribution in [0.1, 0.15) is 72.8 Å². The zero-order chi connectivity index (χ0) is 28.6. The molecule has 8 heteroatoms. The van der Waals surface area contributed by atoms with Gasteiger partial charge in [-0.1, -0.05) is 70.3 Å². The van der Waals surface area contributed by atoms with Crippen molar-refractivity contribution in [3.8, 4) is 0 Å². The number of rotatable bonds is 14. The first-order valence-electron chi connectivity index (χ1n) is 12.4. The molecule has 2 N–H and O–H groups in total. The van der Waals surface area contributed by atoms with E-state index in [1.165, 1.54) is 13.0 Å². The van der Waals surface area contributed by atoms with Crippen LogP contribution in [-0.2, 0) is 35.2 Å². The van der Waals surface area contributed by atoms with Crippen molar-refractivity contribution in [1.29, 1.82) is 0 Å². The maximum Gasteiger partial charge on any atom is 0.335 e. The fourth-order valence-electron chi connectivity index (χ4n) is 3.29. The van der Waals surface area contributed by atoms with Gasteiger partial charge in [0.2, 0.25) is 5.79 Å². The fourth-order valence-corrected chi connectivity index (χ4v) is 3.29. The van der Waals surface area contributed by atoms with E-state index in [9.17, 15) is 19.5 Å². The number of hydrogen-bond acceptors (Lipinski definition) is 7. The molecule has 1 rings (SSSR count). The normalized spacial score (nSPS) is 12.9. The third-order valence-electron chi connectivity index (χ3n) is 5.82. The van der Waals surface area contributed by atoms with Gasteiger partial charge in [-0.15, -0.1) is 0 Å². The molecule has 0 fully saturated rings. The molecule has 0 saturated heterocycles. The molecule has 0 aliphatic rings. The minimum atomic E-state index is -1.30. The highest BCUT2D eigenvalue weighted by atomic mass is 16.7. The molecule has 0 aliphatic carbocycles. The van der Waals surface area contributed by atoms with E-state index in [2.05, 4.69) is 13.2 Å². The quantitative estimate of drug-likeness (QED) is 0.188. The van der Waals surface area contributed by atoms with Crippen molar-refractivity contribution in [1.82, 2.24) is 0 Å². The van der Waals surface area contributed by atoms with Crippen LogP contribution in [0, 0.1) is 0 Å². The van der Waals surface area contributed by atoms with Crippen molar-refractivity contribution in [2.24, 2.45) is 0 Å². The number of carboxylic acids is 1. The summed E-state index contributed by atoms with van der Waals surface area (Å²) in [6.07, 6.45) is 2.89. The molecule has 1 aromatic rings. The monoisotopic (exact) mass is 518 g/mol. The Labute approximate surface area is 220 Å². The van der Waals surface area contributed by atoms with Crippen LogP contribution < -0.4 is 0 Å². The maximum atomic E-state index is 11.8. The lowest BCUT2D eigenvalue weighted by Crippen LogP contribution is -2.58. The molecule has 0 radical (unpaired) electrons. The van der Waals surface area contributed by atoms with Gasteiger partial charge < -0.3 is 24.4 Å². The van der Waals surface area contributed by atoms with Gasteiger partial charge in [-0.3, -0.25) is 0 Å². The number of esters is 2. The van der Waals surface area contributed by atoms with E-state index in [1.807, 2.05) is 58.0 Å². The molecule has 0 aliphatic heterocycles. The third kappa shape index (κ3) is 10.7. The van der Waals surface area contributed by atoms with Crippen molar-refractivity contribution in [2.75, 3.05) is 6.61 Å². The average Bonchev–Trinajstić information content (AvgIpc) is 2.89. The van der Waals surface area contributed by atoms with Crippen LogP contribution in [0.3, 0.4) is 0 Å². The van der Waals surface area contributed by atoms with Gasteiger partial charge in [-0.05, 0) is 45.6 Å². The first-order chi connectivity index (χ1) is 17.3.